The van der Waals surface area contributed by atoms with Gasteiger partial charge in [-0.1, -0.05) is 75.2 Å². The van der Waals surface area contributed by atoms with Gasteiger partial charge in [0.05, 0.1) is 0 Å². The summed E-state index contributed by atoms with van der Waals surface area (Å²) in [6.07, 6.45) is 14.1. The summed E-state index contributed by atoms with van der Waals surface area (Å²) in [6, 6.07) is 27.4. The monoisotopic (exact) mass is 588 g/mol. The summed E-state index contributed by atoms with van der Waals surface area (Å²) in [6.45, 7) is 19.7. The maximum atomic E-state index is 2.60. The normalized spacial score (nSPS) is 12.5. The second-order valence-electron chi connectivity index (χ2n) is 11.6. The van der Waals surface area contributed by atoms with Crippen LogP contribution in [0.5, 0.6) is 0 Å². The van der Waals surface area contributed by atoms with E-state index >= 15 is 0 Å². The van der Waals surface area contributed by atoms with E-state index in [0.717, 1.165) is 39.3 Å². The van der Waals surface area contributed by atoms with Crippen LogP contribution >= 0.6 is 0 Å². The summed E-state index contributed by atoms with van der Waals surface area (Å²) < 4.78 is 2.41. The molecule has 0 N–H and O–H groups in total. The molecule has 0 aliphatic heterocycles. The fourth-order valence-corrected chi connectivity index (χ4v) is 6.20. The van der Waals surface area contributed by atoms with Crippen molar-refractivity contribution >= 4 is 22.7 Å². The molecule has 232 valence electrons. The van der Waals surface area contributed by atoms with Crippen molar-refractivity contribution < 1.29 is 4.58 Å². The van der Waals surface area contributed by atoms with Crippen LogP contribution in [0.4, 0.5) is 11.4 Å². The van der Waals surface area contributed by atoms with E-state index in [2.05, 4.69) is 153 Å². The molecule has 0 bridgehead atoms. The standard InChI is InChI=1S/C41H54N3/c1-7-13-30-44(31-14-8-2)38-28-29-39(40(32-38)33-18-16-15-17-19-33)41(34-20-24-36(25-21-34)42(9-3)10-4)35-22-26-37(27-23-35)43(11-5)12-6/h15-29,32H,7-14,30-31H2,1-6H3/q+1. The molecule has 0 radical (unpaired) electrons. The van der Waals surface area contributed by atoms with Crippen LogP contribution in [-0.4, -0.2) is 49.6 Å². The molecule has 0 heterocycles. The first-order valence-electron chi connectivity index (χ1n) is 17.1. The summed E-state index contributed by atoms with van der Waals surface area (Å²) in [5.41, 5.74) is 11.5. The fourth-order valence-electron chi connectivity index (χ4n) is 6.20. The highest BCUT2D eigenvalue weighted by Crippen LogP contribution is 2.39. The lowest BCUT2D eigenvalue weighted by Crippen LogP contribution is -2.25. The molecule has 0 spiro atoms. The van der Waals surface area contributed by atoms with Crippen LogP contribution in [-0.2, 0) is 0 Å². The van der Waals surface area contributed by atoms with E-state index in [-0.39, 0.29) is 0 Å². The van der Waals surface area contributed by atoms with Gasteiger partial charge >= 0.3 is 0 Å². The molecular weight excluding hydrogens is 534 g/mol. The quantitative estimate of drug-likeness (QED) is 0.163. The fraction of sp³-hybridized carbons (Fsp3) is 0.390. The van der Waals surface area contributed by atoms with Crippen LogP contribution in [0.1, 0.15) is 78.4 Å². The van der Waals surface area contributed by atoms with Gasteiger partial charge in [-0.05, 0) is 110 Å². The molecule has 0 saturated carbocycles. The maximum absolute atomic E-state index is 2.60. The first kappa shape index (κ1) is 33.1. The molecule has 4 rings (SSSR count). The Hall–Kier alpha value is -3.85. The molecule has 44 heavy (non-hydrogen) atoms. The van der Waals surface area contributed by atoms with E-state index in [1.54, 1.807) is 0 Å². The van der Waals surface area contributed by atoms with Gasteiger partial charge in [0.1, 0.15) is 13.1 Å². The summed E-state index contributed by atoms with van der Waals surface area (Å²) >= 11 is 0. The van der Waals surface area contributed by atoms with E-state index in [0.29, 0.717) is 0 Å². The van der Waals surface area contributed by atoms with Crippen molar-refractivity contribution in [2.24, 2.45) is 0 Å². The molecule has 0 atom stereocenters. The van der Waals surface area contributed by atoms with Crippen molar-refractivity contribution in [2.45, 2.75) is 67.2 Å². The van der Waals surface area contributed by atoms with Crippen LogP contribution in [0.15, 0.2) is 103 Å². The molecule has 3 aromatic rings. The highest BCUT2D eigenvalue weighted by molar-refractivity contribution is 6.04. The van der Waals surface area contributed by atoms with E-state index in [9.17, 15) is 0 Å². The Morgan fingerprint density at radius 2 is 1.20 bits per heavy atom. The zero-order valence-corrected chi connectivity index (χ0v) is 28.2. The lowest BCUT2D eigenvalue weighted by molar-refractivity contribution is -0.519. The van der Waals surface area contributed by atoms with Gasteiger partial charge < -0.3 is 9.80 Å². The van der Waals surface area contributed by atoms with E-state index in [1.807, 2.05) is 0 Å². The first-order valence-corrected chi connectivity index (χ1v) is 17.1. The second-order valence-corrected chi connectivity index (χ2v) is 11.6. The van der Waals surface area contributed by atoms with E-state index in [4.69, 9.17) is 0 Å². The highest BCUT2D eigenvalue weighted by atomic mass is 15.1. The van der Waals surface area contributed by atoms with Crippen molar-refractivity contribution in [3.05, 3.63) is 114 Å². The van der Waals surface area contributed by atoms with Crippen molar-refractivity contribution in [2.75, 3.05) is 49.1 Å². The average molecular weight is 589 g/mol. The van der Waals surface area contributed by atoms with Gasteiger partial charge in [-0.3, -0.25) is 0 Å². The van der Waals surface area contributed by atoms with Gasteiger partial charge in [0.25, 0.3) is 0 Å². The molecule has 3 aromatic carbocycles. The van der Waals surface area contributed by atoms with Crippen molar-refractivity contribution in [3.63, 3.8) is 0 Å². The second kappa shape index (κ2) is 16.9. The Bertz CT molecular complexity index is 1420. The van der Waals surface area contributed by atoms with Crippen molar-refractivity contribution in [1.29, 1.82) is 0 Å². The van der Waals surface area contributed by atoms with Crippen LogP contribution < -0.4 is 9.80 Å². The minimum absolute atomic E-state index is 1.01. The Morgan fingerprint density at radius 1 is 0.614 bits per heavy atom. The molecule has 0 amide bonds. The number of nitrogens with zero attached hydrogens (tertiary/aromatic N) is 3. The van der Waals surface area contributed by atoms with Crippen molar-refractivity contribution in [3.8, 4) is 11.1 Å². The molecule has 3 heteroatoms. The Morgan fingerprint density at radius 3 is 1.75 bits per heavy atom. The van der Waals surface area contributed by atoms with Gasteiger partial charge in [-0.15, -0.1) is 0 Å². The molecule has 0 aromatic heterocycles. The smallest absolute Gasteiger partial charge is 0.199 e. The Balaban J connectivity index is 1.94. The van der Waals surface area contributed by atoms with E-state index in [1.165, 1.54) is 76.2 Å². The number of anilines is 2. The van der Waals surface area contributed by atoms with Crippen molar-refractivity contribution in [1.82, 2.24) is 0 Å². The van der Waals surface area contributed by atoms with Crippen LogP contribution in [0.2, 0.25) is 0 Å². The highest BCUT2D eigenvalue weighted by Gasteiger charge is 2.19. The third-order valence-corrected chi connectivity index (χ3v) is 8.85. The number of hydrogen-bond acceptors (Lipinski definition) is 2. The number of allylic oxidation sites excluding steroid dienone is 5. The molecular formula is C41H54N3+. The molecule has 3 nitrogen and oxygen atoms in total. The molecule has 0 unspecified atom stereocenters. The SMILES string of the molecule is CCCCN(CCCC)c1ccc(C(=C2C=CC(=[N+](CC)CC)C=C2)c2ccc(N(CC)CC)cc2)c(-c2ccccc2)c1. The Kier molecular flexibility index (Phi) is 12.7. The Labute approximate surface area is 267 Å². The first-order chi connectivity index (χ1) is 21.6. The molecule has 0 fully saturated rings. The number of benzene rings is 3. The average Bonchev–Trinajstić information content (AvgIpc) is 3.08. The summed E-state index contributed by atoms with van der Waals surface area (Å²) in [5, 5.41) is 0. The molecule has 0 saturated heterocycles. The summed E-state index contributed by atoms with van der Waals surface area (Å²) in [7, 11) is 0. The molecule has 1 aliphatic rings. The predicted octanol–water partition coefficient (Wildman–Crippen LogP) is 10.0. The zero-order valence-electron chi connectivity index (χ0n) is 28.2. The third-order valence-electron chi connectivity index (χ3n) is 8.85. The number of hydrogen-bond donors (Lipinski definition) is 0. The van der Waals surface area contributed by atoms with Gasteiger partial charge in [0, 0.05) is 49.7 Å². The predicted molar refractivity (Wildman–Crippen MR) is 195 cm³/mol. The lowest BCUT2D eigenvalue weighted by atomic mass is 9.86. The van der Waals surface area contributed by atoms with Gasteiger partial charge in [0.2, 0.25) is 0 Å². The van der Waals surface area contributed by atoms with Crippen LogP contribution in [0, 0.1) is 0 Å². The van der Waals surface area contributed by atoms with Gasteiger partial charge in [-0.2, -0.15) is 0 Å². The van der Waals surface area contributed by atoms with Crippen LogP contribution in [0.3, 0.4) is 0 Å². The summed E-state index contributed by atoms with van der Waals surface area (Å²) in [4.78, 5) is 5.01. The molecule has 1 aliphatic carbocycles. The third kappa shape index (κ3) is 8.00. The largest absolute Gasteiger partial charge is 0.372 e. The van der Waals surface area contributed by atoms with Gasteiger partial charge in [0.15, 0.2) is 5.71 Å². The minimum atomic E-state index is 1.01. The summed E-state index contributed by atoms with van der Waals surface area (Å²) in [5.74, 6) is 0. The number of unbranched alkanes of at least 4 members (excludes halogenated alkanes) is 2. The maximum Gasteiger partial charge on any atom is 0.199 e. The van der Waals surface area contributed by atoms with Crippen LogP contribution in [0.25, 0.3) is 16.7 Å². The van der Waals surface area contributed by atoms with Gasteiger partial charge in [-0.25, -0.2) is 4.58 Å². The minimum Gasteiger partial charge on any atom is -0.372 e. The topological polar surface area (TPSA) is 9.49 Å². The zero-order chi connectivity index (χ0) is 31.3. The lowest BCUT2D eigenvalue weighted by Gasteiger charge is -2.27. The number of rotatable bonds is 15. The van der Waals surface area contributed by atoms with E-state index < -0.39 is 0 Å².